The molecule has 2 aromatic rings. The molecule has 2 heterocycles. The fraction of sp³-hybridized carbons (Fsp3) is 0.400. The molecule has 9 heteroatoms. The van der Waals surface area contributed by atoms with Gasteiger partial charge in [0.15, 0.2) is 0 Å². The van der Waals surface area contributed by atoms with Crippen LogP contribution in [0, 0.1) is 6.92 Å². The summed E-state index contributed by atoms with van der Waals surface area (Å²) in [6.45, 7) is 2.62. The highest BCUT2D eigenvalue weighted by atomic mass is 32.2. The Labute approximate surface area is 140 Å². The molecule has 0 radical (unpaired) electrons. The molecule has 1 aliphatic rings. The molecule has 1 aliphatic heterocycles. The SMILES string of the molecule is Cc1cccc(S(=O)(=O)NCC(=O)N2CCC(n3nccn3)C2)c1. The number of rotatable bonds is 5. The smallest absolute Gasteiger partial charge is 0.241 e. The van der Waals surface area contributed by atoms with Crippen molar-refractivity contribution in [2.24, 2.45) is 0 Å². The van der Waals surface area contributed by atoms with Crippen molar-refractivity contribution in [1.82, 2.24) is 24.6 Å². The Morgan fingerprint density at radius 3 is 2.79 bits per heavy atom. The topological polar surface area (TPSA) is 97.2 Å². The highest BCUT2D eigenvalue weighted by Gasteiger charge is 2.29. The standard InChI is InChI=1S/C15H19N5O3S/c1-12-3-2-4-14(9-12)24(22,23)18-10-15(21)19-8-5-13(11-19)20-16-6-7-17-20/h2-4,6-7,9,13,18H,5,8,10-11H2,1H3. The zero-order chi connectivity index (χ0) is 17.2. The Morgan fingerprint density at radius 2 is 2.08 bits per heavy atom. The molecular weight excluding hydrogens is 330 g/mol. The number of carbonyl (C=O) groups excluding carboxylic acids is 1. The Morgan fingerprint density at radius 1 is 1.33 bits per heavy atom. The van der Waals surface area contributed by atoms with Crippen molar-refractivity contribution in [2.75, 3.05) is 19.6 Å². The molecule has 1 saturated heterocycles. The summed E-state index contributed by atoms with van der Waals surface area (Å²) in [5, 5.41) is 8.16. The molecule has 1 N–H and O–H groups in total. The van der Waals surface area contributed by atoms with Crippen molar-refractivity contribution >= 4 is 15.9 Å². The number of aromatic nitrogens is 3. The molecule has 3 rings (SSSR count). The molecule has 0 spiro atoms. The van der Waals surface area contributed by atoms with E-state index < -0.39 is 10.0 Å². The lowest BCUT2D eigenvalue weighted by Crippen LogP contribution is -2.39. The van der Waals surface area contributed by atoms with Crippen molar-refractivity contribution in [3.63, 3.8) is 0 Å². The fourth-order valence-corrected chi connectivity index (χ4v) is 3.78. The van der Waals surface area contributed by atoms with E-state index in [-0.39, 0.29) is 23.4 Å². The van der Waals surface area contributed by atoms with E-state index in [2.05, 4.69) is 14.9 Å². The van der Waals surface area contributed by atoms with Crippen LogP contribution in [0.4, 0.5) is 0 Å². The van der Waals surface area contributed by atoms with Gasteiger partial charge in [-0.15, -0.1) is 0 Å². The Hall–Kier alpha value is -2.26. The van der Waals surface area contributed by atoms with Gasteiger partial charge in [-0.25, -0.2) is 13.1 Å². The van der Waals surface area contributed by atoms with Gasteiger partial charge in [0.05, 0.1) is 29.9 Å². The minimum atomic E-state index is -3.69. The zero-order valence-corrected chi connectivity index (χ0v) is 14.1. The third-order valence-electron chi connectivity index (χ3n) is 3.99. The predicted octanol–water partition coefficient (Wildman–Crippen LogP) is 0.338. The summed E-state index contributed by atoms with van der Waals surface area (Å²) in [7, 11) is -3.69. The summed E-state index contributed by atoms with van der Waals surface area (Å²) >= 11 is 0. The van der Waals surface area contributed by atoms with Crippen LogP contribution in [0.1, 0.15) is 18.0 Å². The quantitative estimate of drug-likeness (QED) is 0.839. The molecule has 0 aliphatic carbocycles. The summed E-state index contributed by atoms with van der Waals surface area (Å²) < 4.78 is 26.9. The van der Waals surface area contributed by atoms with Crippen LogP contribution in [-0.2, 0) is 14.8 Å². The van der Waals surface area contributed by atoms with E-state index in [1.165, 1.54) is 6.07 Å². The van der Waals surface area contributed by atoms with Gasteiger partial charge < -0.3 is 4.90 Å². The molecule has 128 valence electrons. The van der Waals surface area contributed by atoms with Gasteiger partial charge in [0.25, 0.3) is 0 Å². The van der Waals surface area contributed by atoms with Crippen molar-refractivity contribution in [1.29, 1.82) is 0 Å². The monoisotopic (exact) mass is 349 g/mol. The van der Waals surface area contributed by atoms with Gasteiger partial charge in [-0.1, -0.05) is 12.1 Å². The maximum Gasteiger partial charge on any atom is 0.241 e. The number of nitrogens with one attached hydrogen (secondary N) is 1. The molecule has 1 aromatic carbocycles. The first-order valence-electron chi connectivity index (χ1n) is 7.65. The Kier molecular flexibility index (Phi) is 4.63. The average molecular weight is 349 g/mol. The summed E-state index contributed by atoms with van der Waals surface area (Å²) in [5.41, 5.74) is 0.846. The molecule has 1 atom stereocenters. The number of hydrogen-bond donors (Lipinski definition) is 1. The lowest BCUT2D eigenvalue weighted by Gasteiger charge is -2.16. The van der Waals surface area contributed by atoms with Crippen LogP contribution >= 0.6 is 0 Å². The van der Waals surface area contributed by atoms with E-state index >= 15 is 0 Å². The average Bonchev–Trinajstić information content (AvgIpc) is 3.23. The summed E-state index contributed by atoms with van der Waals surface area (Å²) in [4.78, 5) is 15.6. The first kappa shape index (κ1) is 16.6. The van der Waals surface area contributed by atoms with Gasteiger partial charge in [-0.05, 0) is 31.0 Å². The van der Waals surface area contributed by atoms with Gasteiger partial charge in [-0.3, -0.25) is 4.79 Å². The van der Waals surface area contributed by atoms with Crippen molar-refractivity contribution in [2.45, 2.75) is 24.3 Å². The highest BCUT2D eigenvalue weighted by molar-refractivity contribution is 7.89. The van der Waals surface area contributed by atoms with Gasteiger partial charge in [0.1, 0.15) is 0 Å². The Balaban J connectivity index is 1.58. The number of nitrogens with zero attached hydrogens (tertiary/aromatic N) is 4. The number of carbonyl (C=O) groups is 1. The van der Waals surface area contributed by atoms with Crippen molar-refractivity contribution in [3.05, 3.63) is 42.2 Å². The van der Waals surface area contributed by atoms with Crippen LogP contribution in [-0.4, -0.2) is 53.9 Å². The van der Waals surface area contributed by atoms with E-state index in [0.717, 1.165) is 12.0 Å². The Bertz CT molecular complexity index is 819. The van der Waals surface area contributed by atoms with Gasteiger partial charge in [0.2, 0.25) is 15.9 Å². The van der Waals surface area contributed by atoms with Gasteiger partial charge in [-0.2, -0.15) is 15.0 Å². The second-order valence-corrected chi connectivity index (χ2v) is 7.54. The second-order valence-electron chi connectivity index (χ2n) is 5.77. The molecule has 24 heavy (non-hydrogen) atoms. The molecule has 1 unspecified atom stereocenters. The number of likely N-dealkylation sites (tertiary alicyclic amines) is 1. The molecule has 1 aromatic heterocycles. The normalized spacial score (nSPS) is 18.0. The van der Waals surface area contributed by atoms with Crippen LogP contribution in [0.5, 0.6) is 0 Å². The van der Waals surface area contributed by atoms with Crippen LogP contribution in [0.2, 0.25) is 0 Å². The van der Waals surface area contributed by atoms with E-state index in [1.54, 1.807) is 34.2 Å². The number of sulfonamides is 1. The molecule has 8 nitrogen and oxygen atoms in total. The third-order valence-corrected chi connectivity index (χ3v) is 5.39. The zero-order valence-electron chi connectivity index (χ0n) is 13.3. The van der Waals surface area contributed by atoms with E-state index in [9.17, 15) is 13.2 Å². The van der Waals surface area contributed by atoms with Crippen molar-refractivity contribution < 1.29 is 13.2 Å². The predicted molar refractivity (Wildman–Crippen MR) is 86.6 cm³/mol. The number of benzene rings is 1. The lowest BCUT2D eigenvalue weighted by atomic mass is 10.2. The van der Waals surface area contributed by atoms with Crippen LogP contribution in [0.25, 0.3) is 0 Å². The van der Waals surface area contributed by atoms with E-state index in [1.807, 2.05) is 13.0 Å². The third kappa shape index (κ3) is 3.62. The number of aryl methyl sites for hydroxylation is 1. The first-order chi connectivity index (χ1) is 11.5. The minimum Gasteiger partial charge on any atom is -0.339 e. The summed E-state index contributed by atoms with van der Waals surface area (Å²) in [6.07, 6.45) is 3.95. The maximum atomic E-state index is 12.3. The van der Waals surface area contributed by atoms with Crippen LogP contribution in [0.3, 0.4) is 0 Å². The van der Waals surface area contributed by atoms with Crippen LogP contribution < -0.4 is 4.72 Å². The molecule has 1 amide bonds. The lowest BCUT2D eigenvalue weighted by molar-refractivity contribution is -0.129. The molecule has 1 fully saturated rings. The van der Waals surface area contributed by atoms with Gasteiger partial charge >= 0.3 is 0 Å². The van der Waals surface area contributed by atoms with Crippen LogP contribution in [0.15, 0.2) is 41.6 Å². The maximum absolute atomic E-state index is 12.3. The highest BCUT2D eigenvalue weighted by Crippen LogP contribution is 2.19. The van der Waals surface area contributed by atoms with E-state index in [4.69, 9.17) is 0 Å². The minimum absolute atomic E-state index is 0.0392. The summed E-state index contributed by atoms with van der Waals surface area (Å²) in [5.74, 6) is -0.249. The molecule has 0 saturated carbocycles. The molecular formula is C15H19N5O3S. The van der Waals surface area contributed by atoms with Crippen molar-refractivity contribution in [3.8, 4) is 0 Å². The molecule has 0 bridgehead atoms. The summed E-state index contributed by atoms with van der Waals surface area (Å²) in [6, 6.07) is 6.61. The largest absolute Gasteiger partial charge is 0.339 e. The second kappa shape index (κ2) is 6.70. The van der Waals surface area contributed by atoms with Gasteiger partial charge in [0, 0.05) is 13.1 Å². The van der Waals surface area contributed by atoms with E-state index in [0.29, 0.717) is 13.1 Å². The first-order valence-corrected chi connectivity index (χ1v) is 9.14. The number of amides is 1. The number of hydrogen-bond acceptors (Lipinski definition) is 5. The fourth-order valence-electron chi connectivity index (χ4n) is 2.71.